The van der Waals surface area contributed by atoms with Crippen LogP contribution in [0.2, 0.25) is 10.0 Å². The first-order valence-corrected chi connectivity index (χ1v) is 7.79. The minimum Gasteiger partial charge on any atom is -0.280 e. The topological polar surface area (TPSA) is 35.6 Å². The van der Waals surface area contributed by atoms with Crippen LogP contribution >= 0.6 is 34.8 Å². The van der Waals surface area contributed by atoms with E-state index in [1.165, 1.54) is 0 Å². The van der Waals surface area contributed by atoms with Crippen molar-refractivity contribution in [1.29, 1.82) is 0 Å². The number of alkyl halides is 1. The van der Waals surface area contributed by atoms with Crippen LogP contribution in [0.25, 0.3) is 16.9 Å². The van der Waals surface area contributed by atoms with E-state index < -0.39 is 0 Å². The van der Waals surface area contributed by atoms with Crippen molar-refractivity contribution in [2.45, 2.75) is 19.2 Å². The van der Waals surface area contributed by atoms with Crippen LogP contribution in [0.3, 0.4) is 0 Å². The summed E-state index contributed by atoms with van der Waals surface area (Å²) in [6.07, 6.45) is 0.812. The second-order valence-corrected chi connectivity index (χ2v) is 5.86. The summed E-state index contributed by atoms with van der Waals surface area (Å²) in [5, 5.41) is 5.63. The summed E-state index contributed by atoms with van der Waals surface area (Å²) in [6, 6.07) is 5.37. The van der Waals surface area contributed by atoms with Crippen molar-refractivity contribution in [3.63, 3.8) is 0 Å². The number of rotatable bonds is 3. The molecule has 0 saturated heterocycles. The van der Waals surface area contributed by atoms with Crippen LogP contribution in [0.5, 0.6) is 0 Å². The molecule has 0 spiro atoms. The maximum Gasteiger partial charge on any atom is 0.163 e. The van der Waals surface area contributed by atoms with Crippen LogP contribution in [-0.4, -0.2) is 19.3 Å². The van der Waals surface area contributed by atoms with Gasteiger partial charge in [-0.05, 0) is 24.6 Å². The summed E-state index contributed by atoms with van der Waals surface area (Å²) < 4.78 is 3.76. The molecule has 0 aliphatic carbocycles. The molecule has 1 aromatic carbocycles. The molecule has 0 bridgehead atoms. The summed E-state index contributed by atoms with van der Waals surface area (Å²) in [5.41, 5.74) is 3.54. The minimum absolute atomic E-state index is 0.294. The number of benzene rings is 1. The molecular weight excluding hydrogens is 331 g/mol. The molecule has 0 unspecified atom stereocenters. The summed E-state index contributed by atoms with van der Waals surface area (Å²) in [5.74, 6) is 1.04. The number of fused-ring (bicyclic) bond motifs is 1. The van der Waals surface area contributed by atoms with E-state index in [1.54, 1.807) is 6.07 Å². The average molecular weight is 344 g/mol. The summed E-state index contributed by atoms with van der Waals surface area (Å²) in [6.45, 7) is 2.05. The van der Waals surface area contributed by atoms with Gasteiger partial charge in [0.25, 0.3) is 0 Å². The third-order valence-corrected chi connectivity index (χ3v) is 4.01. The number of halogens is 3. The molecule has 0 aliphatic heterocycles. The number of aryl methyl sites for hydroxylation is 2. The third kappa shape index (κ3) is 2.41. The minimum atomic E-state index is 0.294. The Balaban J connectivity index is 2.37. The molecule has 110 valence electrons. The van der Waals surface area contributed by atoms with Gasteiger partial charge in [-0.1, -0.05) is 30.1 Å². The van der Waals surface area contributed by atoms with E-state index in [0.717, 1.165) is 34.8 Å². The zero-order valence-electron chi connectivity index (χ0n) is 11.6. The Morgan fingerprint density at radius 3 is 2.38 bits per heavy atom. The van der Waals surface area contributed by atoms with Crippen LogP contribution in [0, 0.1) is 0 Å². The van der Waals surface area contributed by atoms with Crippen LogP contribution in [0.4, 0.5) is 0 Å². The van der Waals surface area contributed by atoms with Crippen molar-refractivity contribution in [3.05, 3.63) is 39.8 Å². The van der Waals surface area contributed by atoms with E-state index in [4.69, 9.17) is 34.8 Å². The zero-order valence-corrected chi connectivity index (χ0v) is 13.8. The normalized spacial score (nSPS) is 11.5. The van der Waals surface area contributed by atoms with Crippen LogP contribution < -0.4 is 0 Å². The SMILES string of the molecule is CCc1nn(C)c2c1nc(CCl)n2-c1cc(Cl)cc(Cl)c1. The van der Waals surface area contributed by atoms with Crippen LogP contribution in [-0.2, 0) is 19.3 Å². The number of hydrogen-bond acceptors (Lipinski definition) is 2. The molecule has 0 atom stereocenters. The van der Waals surface area contributed by atoms with Gasteiger partial charge in [-0.2, -0.15) is 5.10 Å². The van der Waals surface area contributed by atoms with E-state index in [1.807, 2.05) is 28.4 Å². The largest absolute Gasteiger partial charge is 0.280 e. The Labute approximate surface area is 137 Å². The van der Waals surface area contributed by atoms with Crippen molar-refractivity contribution >= 4 is 46.0 Å². The number of hydrogen-bond donors (Lipinski definition) is 0. The fourth-order valence-electron chi connectivity index (χ4n) is 2.49. The Morgan fingerprint density at radius 2 is 1.81 bits per heavy atom. The molecule has 7 heteroatoms. The van der Waals surface area contributed by atoms with E-state index in [9.17, 15) is 0 Å². The van der Waals surface area contributed by atoms with E-state index in [2.05, 4.69) is 17.0 Å². The van der Waals surface area contributed by atoms with E-state index >= 15 is 0 Å². The molecule has 0 N–H and O–H groups in total. The highest BCUT2D eigenvalue weighted by Gasteiger charge is 2.19. The molecule has 3 aromatic rings. The second kappa shape index (κ2) is 5.52. The Bertz CT molecular complexity index is 799. The first-order valence-electron chi connectivity index (χ1n) is 6.50. The molecule has 0 saturated carbocycles. The molecule has 4 nitrogen and oxygen atoms in total. The van der Waals surface area contributed by atoms with Gasteiger partial charge in [0.2, 0.25) is 0 Å². The quantitative estimate of drug-likeness (QED) is 0.662. The lowest BCUT2D eigenvalue weighted by atomic mass is 10.3. The molecule has 2 aromatic heterocycles. The molecule has 0 fully saturated rings. The van der Waals surface area contributed by atoms with Crippen molar-refractivity contribution in [2.24, 2.45) is 7.05 Å². The monoisotopic (exact) mass is 342 g/mol. The van der Waals surface area contributed by atoms with Gasteiger partial charge < -0.3 is 0 Å². The van der Waals surface area contributed by atoms with Gasteiger partial charge in [-0.25, -0.2) is 9.67 Å². The van der Waals surface area contributed by atoms with Crippen molar-refractivity contribution in [3.8, 4) is 5.69 Å². The van der Waals surface area contributed by atoms with E-state index in [-0.39, 0.29) is 0 Å². The Morgan fingerprint density at radius 1 is 1.14 bits per heavy atom. The van der Waals surface area contributed by atoms with Crippen molar-refractivity contribution < 1.29 is 0 Å². The zero-order chi connectivity index (χ0) is 15.1. The highest BCUT2D eigenvalue weighted by molar-refractivity contribution is 6.34. The Hall–Kier alpha value is -1.23. The Kier molecular flexibility index (Phi) is 3.86. The highest BCUT2D eigenvalue weighted by atomic mass is 35.5. The van der Waals surface area contributed by atoms with Gasteiger partial charge in [0.15, 0.2) is 5.65 Å². The lowest BCUT2D eigenvalue weighted by molar-refractivity contribution is 0.744. The molecule has 21 heavy (non-hydrogen) atoms. The predicted octanol–water partition coefficient (Wildman–Crippen LogP) is 4.37. The van der Waals surface area contributed by atoms with Crippen molar-refractivity contribution in [1.82, 2.24) is 19.3 Å². The summed E-state index contributed by atoms with van der Waals surface area (Å²) in [7, 11) is 1.89. The van der Waals surface area contributed by atoms with E-state index in [0.29, 0.717) is 15.9 Å². The smallest absolute Gasteiger partial charge is 0.163 e. The van der Waals surface area contributed by atoms with Gasteiger partial charge in [0.1, 0.15) is 11.3 Å². The molecule has 0 radical (unpaired) electrons. The fourth-order valence-corrected chi connectivity index (χ4v) is 3.19. The number of imidazole rings is 1. The highest BCUT2D eigenvalue weighted by Crippen LogP contribution is 2.28. The molecule has 0 aliphatic rings. The second-order valence-electron chi connectivity index (χ2n) is 4.72. The maximum atomic E-state index is 6.11. The summed E-state index contributed by atoms with van der Waals surface area (Å²) in [4.78, 5) is 4.62. The van der Waals surface area contributed by atoms with Gasteiger partial charge in [-0.15, -0.1) is 11.6 Å². The molecule has 3 rings (SSSR count). The van der Waals surface area contributed by atoms with Crippen molar-refractivity contribution in [2.75, 3.05) is 0 Å². The maximum absolute atomic E-state index is 6.11. The van der Waals surface area contributed by atoms with Gasteiger partial charge in [-0.3, -0.25) is 4.57 Å². The fraction of sp³-hybridized carbons (Fsp3) is 0.286. The summed E-state index contributed by atoms with van der Waals surface area (Å²) >= 11 is 18.3. The molecule has 2 heterocycles. The molecular formula is C14H13Cl3N4. The lowest BCUT2D eigenvalue weighted by Gasteiger charge is -2.09. The average Bonchev–Trinajstić information content (AvgIpc) is 2.95. The first kappa shape index (κ1) is 14.7. The standard InChI is InChI=1S/C14H13Cl3N4/c1-3-11-13-14(20(2)19-11)21(12(7-15)18-13)10-5-8(16)4-9(17)6-10/h4-6H,3,7H2,1-2H3. The van der Waals surface area contributed by atoms with Crippen LogP contribution in [0.15, 0.2) is 18.2 Å². The number of nitrogens with zero attached hydrogens (tertiary/aromatic N) is 4. The van der Waals surface area contributed by atoms with Gasteiger partial charge >= 0.3 is 0 Å². The third-order valence-electron chi connectivity index (χ3n) is 3.33. The predicted molar refractivity (Wildman–Crippen MR) is 86.8 cm³/mol. The van der Waals surface area contributed by atoms with Crippen LogP contribution in [0.1, 0.15) is 18.4 Å². The first-order chi connectivity index (χ1) is 10.0. The van der Waals surface area contributed by atoms with Gasteiger partial charge in [0, 0.05) is 17.1 Å². The molecule has 0 amide bonds. The number of aromatic nitrogens is 4. The van der Waals surface area contributed by atoms with Gasteiger partial charge in [0.05, 0.1) is 17.3 Å². The lowest BCUT2D eigenvalue weighted by Crippen LogP contribution is -2.04.